The van der Waals surface area contributed by atoms with E-state index < -0.39 is 4.92 Å². The Labute approximate surface area is 133 Å². The minimum atomic E-state index is -0.433. The molecule has 3 rings (SSSR count). The summed E-state index contributed by atoms with van der Waals surface area (Å²) in [5.74, 6) is -0.0886. The van der Waals surface area contributed by atoms with E-state index in [1.54, 1.807) is 25.4 Å². The van der Waals surface area contributed by atoms with Crippen LogP contribution in [0.1, 0.15) is 40.4 Å². The molecule has 0 spiro atoms. The van der Waals surface area contributed by atoms with E-state index in [0.29, 0.717) is 17.7 Å². The third-order valence-corrected chi connectivity index (χ3v) is 4.22. The number of carbonyl (C=O) groups is 1. The summed E-state index contributed by atoms with van der Waals surface area (Å²) in [5, 5.41) is 10.9. The summed E-state index contributed by atoms with van der Waals surface area (Å²) in [5.41, 5.74) is 2.05. The van der Waals surface area contributed by atoms with Gasteiger partial charge in [-0.2, -0.15) is 0 Å². The molecule has 0 radical (unpaired) electrons. The molecule has 0 bridgehead atoms. The number of carbonyl (C=O) groups excluding carboxylic acids is 1. The number of nitro benzene ring substituents is 1. The van der Waals surface area contributed by atoms with Crippen LogP contribution in [0.5, 0.6) is 0 Å². The third kappa shape index (κ3) is 2.92. The number of rotatable bonds is 3. The van der Waals surface area contributed by atoms with Crippen LogP contribution in [0.3, 0.4) is 0 Å². The van der Waals surface area contributed by atoms with Crippen molar-refractivity contribution in [3.8, 4) is 0 Å². The van der Waals surface area contributed by atoms with Gasteiger partial charge in [0.1, 0.15) is 0 Å². The average Bonchev–Trinajstić information content (AvgIpc) is 3.04. The number of likely N-dealkylation sites (tertiary alicyclic amines) is 1. The van der Waals surface area contributed by atoms with Crippen LogP contribution < -0.4 is 0 Å². The molecule has 1 saturated heterocycles. The molecule has 1 amide bonds. The maximum absolute atomic E-state index is 12.8. The number of amides is 1. The largest absolute Gasteiger partial charge is 0.332 e. The van der Waals surface area contributed by atoms with Gasteiger partial charge in [-0.25, -0.2) is 0 Å². The van der Waals surface area contributed by atoms with Gasteiger partial charge >= 0.3 is 0 Å². The molecule has 1 aromatic carbocycles. The number of hydrogen-bond donors (Lipinski definition) is 0. The molecular formula is C17H17N3O3. The van der Waals surface area contributed by atoms with Gasteiger partial charge in [-0.15, -0.1) is 0 Å². The van der Waals surface area contributed by atoms with Crippen LogP contribution in [0.25, 0.3) is 0 Å². The van der Waals surface area contributed by atoms with Crippen molar-refractivity contribution < 1.29 is 9.72 Å². The van der Waals surface area contributed by atoms with Crippen molar-refractivity contribution in [1.29, 1.82) is 0 Å². The molecular weight excluding hydrogens is 294 g/mol. The average molecular weight is 311 g/mol. The second-order valence-corrected chi connectivity index (χ2v) is 5.70. The fraction of sp³-hybridized carbons (Fsp3) is 0.294. The molecule has 1 aromatic heterocycles. The summed E-state index contributed by atoms with van der Waals surface area (Å²) in [6, 6.07) is 8.39. The highest BCUT2D eigenvalue weighted by molar-refractivity contribution is 5.95. The van der Waals surface area contributed by atoms with Gasteiger partial charge < -0.3 is 4.90 Å². The molecule has 6 nitrogen and oxygen atoms in total. The molecule has 0 saturated carbocycles. The molecule has 0 unspecified atom stereocenters. The monoisotopic (exact) mass is 311 g/mol. The fourth-order valence-electron chi connectivity index (χ4n) is 3.09. The van der Waals surface area contributed by atoms with Crippen LogP contribution in [0.15, 0.2) is 42.7 Å². The third-order valence-electron chi connectivity index (χ3n) is 4.22. The second kappa shape index (κ2) is 6.16. The van der Waals surface area contributed by atoms with Gasteiger partial charge in [0.2, 0.25) is 0 Å². The zero-order valence-electron chi connectivity index (χ0n) is 12.8. The molecule has 118 valence electrons. The fourth-order valence-corrected chi connectivity index (χ4v) is 3.09. The Morgan fingerprint density at radius 2 is 2.22 bits per heavy atom. The lowest BCUT2D eigenvalue weighted by molar-refractivity contribution is -0.385. The van der Waals surface area contributed by atoms with Gasteiger partial charge in [-0.3, -0.25) is 19.9 Å². The zero-order chi connectivity index (χ0) is 16.4. The zero-order valence-corrected chi connectivity index (χ0v) is 12.8. The van der Waals surface area contributed by atoms with Crippen LogP contribution in [0.2, 0.25) is 0 Å². The first kappa shape index (κ1) is 15.1. The Hall–Kier alpha value is -2.76. The smallest absolute Gasteiger partial charge is 0.272 e. The van der Waals surface area contributed by atoms with E-state index in [1.165, 1.54) is 12.1 Å². The maximum Gasteiger partial charge on any atom is 0.272 e. The van der Waals surface area contributed by atoms with E-state index in [9.17, 15) is 14.9 Å². The van der Waals surface area contributed by atoms with E-state index in [-0.39, 0.29) is 17.6 Å². The van der Waals surface area contributed by atoms with Crippen molar-refractivity contribution in [2.24, 2.45) is 0 Å². The summed E-state index contributed by atoms with van der Waals surface area (Å²) < 4.78 is 0. The van der Waals surface area contributed by atoms with Gasteiger partial charge in [0.05, 0.1) is 11.0 Å². The Kier molecular flexibility index (Phi) is 4.06. The van der Waals surface area contributed by atoms with E-state index >= 15 is 0 Å². The van der Waals surface area contributed by atoms with E-state index in [0.717, 1.165) is 18.4 Å². The molecule has 6 heteroatoms. The predicted molar refractivity (Wildman–Crippen MR) is 85.1 cm³/mol. The van der Waals surface area contributed by atoms with Gasteiger partial charge in [0.25, 0.3) is 11.6 Å². The van der Waals surface area contributed by atoms with Gasteiger partial charge in [0, 0.05) is 36.1 Å². The Bertz CT molecular complexity index is 746. The number of aromatic nitrogens is 1. The van der Waals surface area contributed by atoms with Crippen molar-refractivity contribution in [3.05, 3.63) is 69.5 Å². The minimum Gasteiger partial charge on any atom is -0.332 e. The van der Waals surface area contributed by atoms with Crippen molar-refractivity contribution in [2.45, 2.75) is 25.8 Å². The van der Waals surface area contributed by atoms with Crippen LogP contribution in [0, 0.1) is 17.0 Å². The first-order valence-corrected chi connectivity index (χ1v) is 7.54. The molecule has 0 N–H and O–H groups in total. The molecule has 1 aliphatic heterocycles. The number of aryl methyl sites for hydroxylation is 1. The van der Waals surface area contributed by atoms with Crippen LogP contribution >= 0.6 is 0 Å². The van der Waals surface area contributed by atoms with Crippen LogP contribution in [-0.2, 0) is 0 Å². The molecule has 1 fully saturated rings. The molecule has 1 atom stereocenters. The highest BCUT2D eigenvalue weighted by atomic mass is 16.6. The summed E-state index contributed by atoms with van der Waals surface area (Å²) in [4.78, 5) is 29.2. The van der Waals surface area contributed by atoms with Gasteiger partial charge in [-0.05, 0) is 43.5 Å². The van der Waals surface area contributed by atoms with Crippen molar-refractivity contribution in [3.63, 3.8) is 0 Å². The standard InChI is InChI=1S/C17H17N3O3/c1-12-10-13(6-7-15(12)20(22)23)17(21)19-9-3-5-16(19)14-4-2-8-18-11-14/h2,4,6-8,10-11,16H,3,5,9H2,1H3/t16-/m1/s1. The topological polar surface area (TPSA) is 76.3 Å². The first-order chi connectivity index (χ1) is 11.1. The first-order valence-electron chi connectivity index (χ1n) is 7.54. The van der Waals surface area contributed by atoms with E-state index in [2.05, 4.69) is 4.98 Å². The van der Waals surface area contributed by atoms with Crippen LogP contribution in [-0.4, -0.2) is 27.3 Å². The summed E-state index contributed by atoms with van der Waals surface area (Å²) in [6.45, 7) is 2.34. The molecule has 2 heterocycles. The van der Waals surface area contributed by atoms with Crippen molar-refractivity contribution in [2.75, 3.05) is 6.54 Å². The van der Waals surface area contributed by atoms with E-state index in [1.807, 2.05) is 17.0 Å². The molecule has 2 aromatic rings. The van der Waals surface area contributed by atoms with Gasteiger partial charge in [0.15, 0.2) is 0 Å². The number of pyridine rings is 1. The maximum atomic E-state index is 12.8. The molecule has 0 aliphatic carbocycles. The Balaban J connectivity index is 1.87. The highest BCUT2D eigenvalue weighted by Crippen LogP contribution is 2.33. The molecule has 23 heavy (non-hydrogen) atoms. The van der Waals surface area contributed by atoms with Crippen molar-refractivity contribution in [1.82, 2.24) is 9.88 Å². The normalized spacial score (nSPS) is 17.3. The second-order valence-electron chi connectivity index (χ2n) is 5.70. The number of nitrogens with zero attached hydrogens (tertiary/aromatic N) is 3. The SMILES string of the molecule is Cc1cc(C(=O)N2CCC[C@@H]2c2cccnc2)ccc1[N+](=O)[O-]. The Morgan fingerprint density at radius 1 is 1.39 bits per heavy atom. The lowest BCUT2D eigenvalue weighted by atomic mass is 10.0. The number of nitro groups is 1. The minimum absolute atomic E-state index is 0.0201. The quantitative estimate of drug-likeness (QED) is 0.644. The lowest BCUT2D eigenvalue weighted by Crippen LogP contribution is -2.30. The lowest BCUT2D eigenvalue weighted by Gasteiger charge is -2.25. The van der Waals surface area contributed by atoms with Crippen molar-refractivity contribution >= 4 is 11.6 Å². The summed E-state index contributed by atoms with van der Waals surface area (Å²) in [7, 11) is 0. The number of benzene rings is 1. The summed E-state index contributed by atoms with van der Waals surface area (Å²) >= 11 is 0. The number of hydrogen-bond acceptors (Lipinski definition) is 4. The Morgan fingerprint density at radius 3 is 2.87 bits per heavy atom. The summed E-state index contributed by atoms with van der Waals surface area (Å²) in [6.07, 6.45) is 5.35. The highest BCUT2D eigenvalue weighted by Gasteiger charge is 2.31. The van der Waals surface area contributed by atoms with Crippen LogP contribution in [0.4, 0.5) is 5.69 Å². The molecule has 1 aliphatic rings. The predicted octanol–water partition coefficient (Wildman–Crippen LogP) is 3.28. The van der Waals surface area contributed by atoms with E-state index in [4.69, 9.17) is 0 Å². The van der Waals surface area contributed by atoms with Gasteiger partial charge in [-0.1, -0.05) is 6.07 Å².